The van der Waals surface area contributed by atoms with Crippen molar-refractivity contribution in [1.29, 1.82) is 0 Å². The Kier molecular flexibility index (Phi) is 22.6. The summed E-state index contributed by atoms with van der Waals surface area (Å²) in [5.41, 5.74) is -3.10. The number of ether oxygens (including phenoxy) is 7. The van der Waals surface area contributed by atoms with Crippen LogP contribution in [0.3, 0.4) is 0 Å². The first-order valence-corrected chi connectivity index (χ1v) is 35.7. The van der Waals surface area contributed by atoms with E-state index < -0.39 is 137 Å². The number of carbonyl (C=O) groups is 10. The summed E-state index contributed by atoms with van der Waals surface area (Å²) in [4.78, 5) is 140. The number of hydrogen-bond acceptors (Lipinski definition) is 22. The number of urea groups is 1. The third kappa shape index (κ3) is 16.2. The van der Waals surface area contributed by atoms with Crippen LogP contribution in [0.2, 0.25) is 0 Å². The van der Waals surface area contributed by atoms with Crippen molar-refractivity contribution in [2.24, 2.45) is 22.7 Å². The molecule has 1 unspecified atom stereocenters. The van der Waals surface area contributed by atoms with Gasteiger partial charge in [-0.3, -0.25) is 39.6 Å². The van der Waals surface area contributed by atoms with Crippen LogP contribution in [0.5, 0.6) is 0 Å². The first-order chi connectivity index (χ1) is 44.8. The summed E-state index contributed by atoms with van der Waals surface area (Å²) in [6, 6.07) is 13.4. The van der Waals surface area contributed by atoms with E-state index in [0.717, 1.165) is 25.5 Å². The van der Waals surface area contributed by atoms with Crippen LogP contribution in [0.4, 0.5) is 9.59 Å². The molecule has 27 heteroatoms. The molecule has 9 rings (SSSR count). The molecule has 3 saturated carbocycles. The number of esters is 5. The molecule has 5 amide bonds. The number of ketones is 1. The van der Waals surface area contributed by atoms with Gasteiger partial charge in [0.25, 0.3) is 0 Å². The topological polar surface area (TPSA) is 336 Å². The standard InChI is InChI=1S/C68H89N5O19S3/c1-35(2)29-42(70-63(84)92-64(6,7)8)54(88-51(78)30-41-21-15-16-22-45(41)95-94-36(3)25-28-50(77)73-72-49(76)24-18-17-23-46-53-43(33-93-46)69-62(83)71-53)61(82)87-44-32-68(85)58(90-60(81)39-19-13-12-14-20-39)56-66(11,47(75)31-48-67(56,34-86-48)91-38(5)74)57(79)55(89-59(80)40-26-27-40)52(37(44)4)65(68,9)10/h12-16,19-22,29,36,40,42-44,46-48,53-56,58,75,85H,17-18,23-28,30-34H2,1-11H3,(H,70,84)(H,72,76)(H,73,77)(H2,69,71,83)/t36?,42-,43-,44-,46-,47-,48+,53-,54+,55+,56-,58-,66+,67-,68+/m0/s1. The molecule has 2 aromatic rings. The molecular formula is C68H89N5O19S3. The van der Waals surface area contributed by atoms with Gasteiger partial charge in [0.1, 0.15) is 29.5 Å². The second-order valence-corrected chi connectivity index (χ2v) is 31.8. The van der Waals surface area contributed by atoms with E-state index in [4.69, 9.17) is 33.2 Å². The molecule has 0 spiro atoms. The van der Waals surface area contributed by atoms with Crippen LogP contribution in [0.1, 0.15) is 156 Å². The third-order valence-electron chi connectivity index (χ3n) is 19.1. The van der Waals surface area contributed by atoms with Crippen LogP contribution < -0.4 is 26.8 Å². The Labute approximate surface area is 565 Å². The van der Waals surface area contributed by atoms with E-state index in [1.54, 1.807) is 90.9 Å². The van der Waals surface area contributed by atoms with Gasteiger partial charge in [0, 0.05) is 59.2 Å². The quantitative estimate of drug-likeness (QED) is 0.0102. The van der Waals surface area contributed by atoms with E-state index in [1.807, 2.05) is 18.7 Å². The number of Topliss-reactive ketones (excluding diaryl/α,β-unsaturated/α-hetero) is 1. The molecule has 3 saturated heterocycles. The van der Waals surface area contributed by atoms with Gasteiger partial charge in [-0.05, 0) is 115 Å². The van der Waals surface area contributed by atoms with Crippen LogP contribution >= 0.6 is 33.3 Å². The number of alkyl carbamates (subject to hydrolysis) is 1. The molecule has 0 aromatic heterocycles. The summed E-state index contributed by atoms with van der Waals surface area (Å²) in [7, 11) is 2.79. The Morgan fingerprint density at radius 2 is 1.58 bits per heavy atom. The molecule has 3 heterocycles. The molecule has 24 nitrogen and oxygen atoms in total. The molecule has 2 bridgehead atoms. The molecule has 7 N–H and O–H groups in total. The van der Waals surface area contributed by atoms with Gasteiger partial charge < -0.3 is 59.3 Å². The number of hydrazine groups is 1. The van der Waals surface area contributed by atoms with E-state index in [-0.39, 0.29) is 83.0 Å². The Morgan fingerprint density at radius 3 is 2.23 bits per heavy atom. The fourth-order valence-electron chi connectivity index (χ4n) is 14.0. The van der Waals surface area contributed by atoms with E-state index in [0.29, 0.717) is 41.7 Å². The number of hydrogen-bond donors (Lipinski definition) is 7. The van der Waals surface area contributed by atoms with Crippen molar-refractivity contribution in [3.8, 4) is 0 Å². The number of thioether (sulfide) groups is 1. The number of aliphatic hydroxyl groups excluding tert-OH is 1. The lowest BCUT2D eigenvalue weighted by atomic mass is 9.44. The first kappa shape index (κ1) is 72.6. The van der Waals surface area contributed by atoms with Gasteiger partial charge in [0.15, 0.2) is 17.5 Å². The van der Waals surface area contributed by atoms with Crippen molar-refractivity contribution in [2.75, 3.05) is 12.4 Å². The van der Waals surface area contributed by atoms with E-state index in [1.165, 1.54) is 53.6 Å². The summed E-state index contributed by atoms with van der Waals surface area (Å²) in [6.45, 7) is 17.1. The molecule has 7 aliphatic rings. The van der Waals surface area contributed by atoms with Gasteiger partial charge in [-0.1, -0.05) is 96.8 Å². The molecule has 95 heavy (non-hydrogen) atoms. The SMILES string of the molecule is CC(=O)O[C@@]12CO[C@@H]1C[C@H](O)[C@@]1(C)C(=O)[C@H](OC(=O)C3CC3)C3=C(C)[C@@H](OC(=O)[C@H](OC(=O)Cc4ccccc4SSC(C)CCC(=O)NNC(=O)CCCC[C@@H]4SC[C@@H]5NC(=O)N[C@@H]54)[C@H](C=C(C)C)NC(=O)OC(C)(C)C)C[C@@](O)([C@@H](OC(=O)c4ccccc4)[C@H]21)C3(C)C. The number of carbonyl (C=O) groups excluding carboxylic acids is 10. The Bertz CT molecular complexity index is 3350. The van der Waals surface area contributed by atoms with Crippen molar-refractivity contribution in [1.82, 2.24) is 26.8 Å². The molecule has 3 aliphatic heterocycles. The zero-order valence-corrected chi connectivity index (χ0v) is 58.0. The molecule has 4 aliphatic carbocycles. The number of aliphatic hydroxyl groups is 2. The highest BCUT2D eigenvalue weighted by Crippen LogP contribution is 2.65. The first-order valence-electron chi connectivity index (χ1n) is 32.4. The maximum absolute atomic E-state index is 16.1. The average molecular weight is 1380 g/mol. The van der Waals surface area contributed by atoms with Crippen molar-refractivity contribution >= 4 is 92.9 Å². The lowest BCUT2D eigenvalue weighted by molar-refractivity contribution is -0.346. The molecule has 518 valence electrons. The van der Waals surface area contributed by atoms with Crippen LogP contribution in [-0.2, 0) is 73.1 Å². The normalized spacial score (nSPS) is 29.6. The van der Waals surface area contributed by atoms with Crippen molar-refractivity contribution in [3.63, 3.8) is 0 Å². The smallest absolute Gasteiger partial charge is 0.408 e. The minimum Gasteiger partial charge on any atom is -0.455 e. The minimum absolute atomic E-state index is 0.0324. The van der Waals surface area contributed by atoms with Gasteiger partial charge in [0.05, 0.1) is 60.1 Å². The van der Waals surface area contributed by atoms with Crippen molar-refractivity contribution < 1.29 is 91.3 Å². The molecule has 15 atom stereocenters. The lowest BCUT2D eigenvalue weighted by Crippen LogP contribution is -2.82. The number of fused-ring (bicyclic) bond motifs is 6. The predicted octanol–water partition coefficient (Wildman–Crippen LogP) is 7.39. The van der Waals surface area contributed by atoms with E-state index >= 15 is 9.59 Å². The van der Waals surface area contributed by atoms with Crippen LogP contribution in [0.25, 0.3) is 0 Å². The summed E-state index contributed by atoms with van der Waals surface area (Å²) in [6.07, 6.45) is -6.96. The maximum atomic E-state index is 16.1. The highest BCUT2D eigenvalue weighted by Gasteiger charge is 2.78. The van der Waals surface area contributed by atoms with E-state index in [9.17, 15) is 48.6 Å². The van der Waals surface area contributed by atoms with Gasteiger partial charge in [0.2, 0.25) is 17.9 Å². The van der Waals surface area contributed by atoms with Crippen molar-refractivity contribution in [3.05, 3.63) is 88.5 Å². The van der Waals surface area contributed by atoms with E-state index in [2.05, 4.69) is 26.8 Å². The highest BCUT2D eigenvalue weighted by molar-refractivity contribution is 8.77. The maximum Gasteiger partial charge on any atom is 0.408 e. The predicted molar refractivity (Wildman–Crippen MR) is 351 cm³/mol. The van der Waals surface area contributed by atoms with Gasteiger partial charge in [-0.25, -0.2) is 19.2 Å². The summed E-state index contributed by atoms with van der Waals surface area (Å²) >= 11 is 1.81. The summed E-state index contributed by atoms with van der Waals surface area (Å²) in [5.74, 6) is -7.61. The fourth-order valence-corrected chi connectivity index (χ4v) is 18.0. The van der Waals surface area contributed by atoms with Gasteiger partial charge in [-0.15, -0.1) is 0 Å². The average Bonchev–Trinajstić information content (AvgIpc) is 1.12. The van der Waals surface area contributed by atoms with Gasteiger partial charge >= 0.3 is 42.0 Å². The number of unbranched alkanes of at least 4 members (excludes halogenated alkanes) is 1. The zero-order valence-electron chi connectivity index (χ0n) is 55.5. The number of benzene rings is 2. The second kappa shape index (κ2) is 29.6. The minimum atomic E-state index is -2.50. The Morgan fingerprint density at radius 1 is 0.895 bits per heavy atom. The van der Waals surface area contributed by atoms with Crippen LogP contribution in [-0.4, -0.2) is 164 Å². The zero-order chi connectivity index (χ0) is 69.1. The molecule has 2 aromatic carbocycles. The van der Waals surface area contributed by atoms with Gasteiger partial charge in [-0.2, -0.15) is 11.8 Å². The monoisotopic (exact) mass is 1380 g/mol. The third-order valence-corrected chi connectivity index (χ3v) is 23.7. The summed E-state index contributed by atoms with van der Waals surface area (Å²) in [5, 5.41) is 35.4. The van der Waals surface area contributed by atoms with Crippen LogP contribution in [0.15, 0.2) is 82.3 Å². The van der Waals surface area contributed by atoms with Crippen LogP contribution in [0, 0.1) is 22.7 Å². The summed E-state index contributed by atoms with van der Waals surface area (Å²) < 4.78 is 43.4. The largest absolute Gasteiger partial charge is 0.455 e. The Balaban J connectivity index is 0.966. The second-order valence-electron chi connectivity index (χ2n) is 27.9. The molecule has 0 radical (unpaired) electrons. The number of amides is 5. The lowest BCUT2D eigenvalue weighted by Gasteiger charge is -2.67. The number of allylic oxidation sites excluding steroid dienone is 1. The van der Waals surface area contributed by atoms with Crippen molar-refractivity contribution in [2.45, 2.75) is 234 Å². The molecular weight excluding hydrogens is 1290 g/mol. The fraction of sp³-hybridized carbons (Fsp3) is 0.618. The number of nitrogens with one attached hydrogen (secondary N) is 5. The highest BCUT2D eigenvalue weighted by atomic mass is 33.1. The molecule has 6 fully saturated rings. The number of rotatable bonds is 24. The Hall–Kier alpha value is -6.65.